The van der Waals surface area contributed by atoms with Gasteiger partial charge < -0.3 is 20.1 Å². The quantitative estimate of drug-likeness (QED) is 0.0997. The highest BCUT2D eigenvalue weighted by molar-refractivity contribution is 7.99. The zero-order chi connectivity index (χ0) is 27.8. The number of nitrogens with zero attached hydrogens (tertiary/aromatic N) is 3. The van der Waals surface area contributed by atoms with Crippen molar-refractivity contribution in [2.45, 2.75) is 44.0 Å². The molecule has 10 heteroatoms. The molecule has 0 bridgehead atoms. The van der Waals surface area contributed by atoms with Crippen LogP contribution in [0.25, 0.3) is 10.9 Å². The van der Waals surface area contributed by atoms with E-state index in [0.717, 1.165) is 35.2 Å². The van der Waals surface area contributed by atoms with Gasteiger partial charge in [-0.3, -0.25) is 0 Å². The van der Waals surface area contributed by atoms with E-state index in [1.165, 1.54) is 24.3 Å². The number of hydrogen-bond donors (Lipinski definition) is 3. The number of azo groups is 1. The van der Waals surface area contributed by atoms with E-state index < -0.39 is 17.8 Å². The summed E-state index contributed by atoms with van der Waals surface area (Å²) in [4.78, 5) is 24.8. The van der Waals surface area contributed by atoms with Crippen LogP contribution in [-0.2, 0) is 13.0 Å². The molecule has 0 atom stereocenters. The molecule has 2 amide bonds. The average Bonchev–Trinajstić information content (AvgIpc) is 3.17. The third-order valence-corrected chi connectivity index (χ3v) is 7.17. The van der Waals surface area contributed by atoms with E-state index in [1.807, 2.05) is 30.3 Å². The molecule has 0 fully saturated rings. The number of carboxylic acid groups (broad SMARTS) is 1. The zero-order valence-corrected chi connectivity index (χ0v) is 22.2. The Bertz CT molecular complexity index is 1520. The van der Waals surface area contributed by atoms with Crippen LogP contribution >= 0.6 is 11.8 Å². The van der Waals surface area contributed by atoms with Crippen LogP contribution in [0, 0.1) is 5.82 Å². The number of aromatic carboxylic acids is 1. The summed E-state index contributed by atoms with van der Waals surface area (Å²) in [6.45, 7) is 2.68. The Labute approximate surface area is 229 Å². The highest BCUT2D eigenvalue weighted by atomic mass is 32.2. The summed E-state index contributed by atoms with van der Waals surface area (Å²) in [5.74, 6) is -0.880. The lowest BCUT2D eigenvalue weighted by atomic mass is 10.1. The van der Waals surface area contributed by atoms with Crippen molar-refractivity contribution in [2.75, 3.05) is 11.1 Å². The number of amides is 2. The van der Waals surface area contributed by atoms with Crippen molar-refractivity contribution in [1.29, 1.82) is 0 Å². The Morgan fingerprint density at radius 2 is 1.87 bits per heavy atom. The van der Waals surface area contributed by atoms with E-state index in [1.54, 1.807) is 28.5 Å². The minimum absolute atomic E-state index is 0.0825. The number of halogens is 1. The Balaban J connectivity index is 1.57. The molecule has 0 saturated carbocycles. The van der Waals surface area contributed by atoms with E-state index >= 15 is 0 Å². The Kier molecular flexibility index (Phi) is 9.32. The molecule has 0 radical (unpaired) electrons. The Hall–Kier alpha value is -4.18. The van der Waals surface area contributed by atoms with Crippen LogP contribution in [0.5, 0.6) is 5.88 Å². The maximum atomic E-state index is 13.4. The third-order valence-electron chi connectivity index (χ3n) is 6.17. The molecule has 0 aliphatic rings. The fourth-order valence-corrected chi connectivity index (χ4v) is 5.20. The van der Waals surface area contributed by atoms with Gasteiger partial charge in [-0.15, -0.1) is 16.9 Å². The number of benzene rings is 3. The first kappa shape index (κ1) is 27.8. The van der Waals surface area contributed by atoms with Crippen molar-refractivity contribution in [2.24, 2.45) is 10.2 Å². The molecule has 8 nitrogen and oxygen atoms in total. The number of aromatic nitrogens is 1. The molecule has 0 aliphatic heterocycles. The molecule has 3 aromatic carbocycles. The second kappa shape index (κ2) is 13.1. The lowest BCUT2D eigenvalue weighted by Crippen LogP contribution is -2.05. The van der Waals surface area contributed by atoms with Gasteiger partial charge in [0.15, 0.2) is 5.69 Å². The average molecular weight is 549 g/mol. The molecule has 1 heterocycles. The van der Waals surface area contributed by atoms with Gasteiger partial charge in [0.25, 0.3) is 0 Å². The topological polar surface area (TPSA) is 116 Å². The van der Waals surface area contributed by atoms with Crippen LogP contribution in [0.1, 0.15) is 42.1 Å². The van der Waals surface area contributed by atoms with Gasteiger partial charge in [-0.05, 0) is 60.9 Å². The molecule has 3 N–H and O–H groups in total. The number of hydrogen-bond acceptors (Lipinski definition) is 5. The number of aryl methyl sites for hydroxylation is 2. The smallest absolute Gasteiger partial charge is 0.364 e. The van der Waals surface area contributed by atoms with Crippen LogP contribution < -0.4 is 5.32 Å². The molecular weight excluding hydrogens is 519 g/mol. The van der Waals surface area contributed by atoms with Gasteiger partial charge in [-0.25, -0.2) is 14.0 Å². The Morgan fingerprint density at radius 1 is 1.05 bits per heavy atom. The fourth-order valence-electron chi connectivity index (χ4n) is 4.27. The molecule has 0 saturated heterocycles. The minimum atomic E-state index is -0.951. The van der Waals surface area contributed by atoms with Gasteiger partial charge in [0, 0.05) is 28.3 Å². The van der Waals surface area contributed by atoms with Gasteiger partial charge in [0.1, 0.15) is 5.82 Å². The van der Waals surface area contributed by atoms with E-state index in [2.05, 4.69) is 22.5 Å². The van der Waals surface area contributed by atoms with E-state index in [0.29, 0.717) is 29.7 Å². The maximum Gasteiger partial charge on any atom is 0.364 e. The summed E-state index contributed by atoms with van der Waals surface area (Å²) >= 11 is 1.55. The molecule has 4 aromatic rings. The zero-order valence-electron chi connectivity index (χ0n) is 21.4. The van der Waals surface area contributed by atoms with Crippen LogP contribution in [0.2, 0.25) is 0 Å². The van der Waals surface area contributed by atoms with E-state index in [-0.39, 0.29) is 17.3 Å². The third kappa shape index (κ3) is 7.02. The highest BCUT2D eigenvalue weighted by Gasteiger charge is 2.18. The number of thioether (sulfide) groups is 1. The van der Waals surface area contributed by atoms with Crippen molar-refractivity contribution < 1.29 is 24.2 Å². The molecular formula is C29H29FN4O4S. The number of aromatic hydroxyl groups is 1. The number of urea groups is 1. The van der Waals surface area contributed by atoms with Gasteiger partial charge >= 0.3 is 12.0 Å². The number of anilines is 1. The van der Waals surface area contributed by atoms with Gasteiger partial charge in [-0.2, -0.15) is 0 Å². The normalized spacial score (nSPS) is 11.3. The lowest BCUT2D eigenvalue weighted by Gasteiger charge is -2.08. The first-order valence-corrected chi connectivity index (χ1v) is 13.6. The number of carbonyl (C=O) groups excluding carboxylic acids is 1. The van der Waals surface area contributed by atoms with Crippen molar-refractivity contribution in [1.82, 2.24) is 4.57 Å². The molecule has 202 valence electrons. The number of fused-ring (bicyclic) bond motifs is 1. The van der Waals surface area contributed by atoms with Gasteiger partial charge in [0.05, 0.1) is 11.1 Å². The van der Waals surface area contributed by atoms with E-state index in [4.69, 9.17) is 0 Å². The van der Waals surface area contributed by atoms with Crippen LogP contribution in [0.4, 0.5) is 20.6 Å². The summed E-state index contributed by atoms with van der Waals surface area (Å²) in [7, 11) is 0. The highest BCUT2D eigenvalue weighted by Crippen LogP contribution is 2.41. The van der Waals surface area contributed by atoms with Gasteiger partial charge in [-0.1, -0.05) is 49.1 Å². The second-order valence-electron chi connectivity index (χ2n) is 8.91. The molecule has 0 aliphatic carbocycles. The summed E-state index contributed by atoms with van der Waals surface area (Å²) in [6.07, 6.45) is 3.46. The molecule has 1 aromatic heterocycles. The van der Waals surface area contributed by atoms with Crippen molar-refractivity contribution in [3.05, 3.63) is 83.7 Å². The number of carboxylic acids is 1. The summed E-state index contributed by atoms with van der Waals surface area (Å²) in [5.41, 5.74) is 2.24. The number of unbranched alkanes of at least 4 members (excludes halogenated alkanes) is 2. The minimum Gasteiger partial charge on any atom is -0.493 e. The molecule has 0 unspecified atom stereocenters. The first-order valence-electron chi connectivity index (χ1n) is 12.6. The Morgan fingerprint density at radius 3 is 2.64 bits per heavy atom. The number of carbonyl (C=O) groups is 2. The molecule has 39 heavy (non-hydrogen) atoms. The van der Waals surface area contributed by atoms with Crippen molar-refractivity contribution in [3.63, 3.8) is 0 Å². The van der Waals surface area contributed by atoms with Crippen molar-refractivity contribution >= 4 is 46.0 Å². The van der Waals surface area contributed by atoms with Gasteiger partial charge in [0.2, 0.25) is 5.88 Å². The number of rotatable bonds is 11. The largest absolute Gasteiger partial charge is 0.493 e. The SMILES string of the molecule is CCCCCn1c(O)c(N=NC(=O)Nc2cccc(F)c2)c2cc(SCCc3ccccc3C(=O)O)ccc21. The van der Waals surface area contributed by atoms with Crippen molar-refractivity contribution in [3.8, 4) is 5.88 Å². The monoisotopic (exact) mass is 548 g/mol. The predicted molar refractivity (Wildman–Crippen MR) is 151 cm³/mol. The second-order valence-corrected chi connectivity index (χ2v) is 10.1. The molecule has 0 spiro atoms. The lowest BCUT2D eigenvalue weighted by molar-refractivity contribution is 0.0695. The molecule has 4 rings (SSSR count). The standard InChI is InChI=1S/C29H29FN4O4S/c1-2-3-6-15-34-25-13-12-22(39-16-14-19-8-4-5-11-23(19)28(36)37)18-24(25)26(27(34)35)32-33-29(38)31-21-10-7-9-20(30)17-21/h4-5,7-13,17-18,35H,2-3,6,14-16H2,1H3,(H,31,38)(H,36,37). The van der Waals surface area contributed by atoms with Crippen LogP contribution in [0.3, 0.4) is 0 Å². The maximum absolute atomic E-state index is 13.4. The summed E-state index contributed by atoms with van der Waals surface area (Å²) in [5, 5.41) is 31.3. The predicted octanol–water partition coefficient (Wildman–Crippen LogP) is 8.03. The van der Waals surface area contributed by atoms with Crippen LogP contribution in [-0.4, -0.2) is 32.5 Å². The fraction of sp³-hybridized carbons (Fsp3) is 0.241. The summed E-state index contributed by atoms with van der Waals surface area (Å²) in [6, 6.07) is 17.3. The first-order chi connectivity index (χ1) is 18.9. The number of nitrogens with one attached hydrogen (secondary N) is 1. The van der Waals surface area contributed by atoms with E-state index in [9.17, 15) is 24.2 Å². The van der Waals surface area contributed by atoms with Crippen LogP contribution in [0.15, 0.2) is 81.9 Å². The summed E-state index contributed by atoms with van der Waals surface area (Å²) < 4.78 is 15.2.